The highest BCUT2D eigenvalue weighted by Gasteiger charge is 2.18. The van der Waals surface area contributed by atoms with Crippen LogP contribution < -0.4 is 10.2 Å². The molecule has 0 radical (unpaired) electrons. The Hall–Kier alpha value is -1.84. The highest BCUT2D eigenvalue weighted by atomic mass is 16.3. The first-order valence-corrected chi connectivity index (χ1v) is 7.40. The first kappa shape index (κ1) is 15.5. The molecule has 2 aromatic rings. The molecule has 3 heteroatoms. The molecule has 0 aliphatic rings. The fourth-order valence-corrected chi connectivity index (χ4v) is 2.33. The summed E-state index contributed by atoms with van der Waals surface area (Å²) in [7, 11) is 4.08. The molecule has 3 N–H and O–H groups in total. The van der Waals surface area contributed by atoms with Crippen molar-refractivity contribution in [3.63, 3.8) is 0 Å². The third kappa shape index (κ3) is 4.31. The molecule has 0 aliphatic heterocycles. The fraction of sp³-hybridized carbons (Fsp3) is 0.333. The number of hydrogen-bond donors (Lipinski definition) is 2. The molecule has 2 aromatic carbocycles. The third-order valence-electron chi connectivity index (χ3n) is 3.82. The number of benzene rings is 2. The first-order chi connectivity index (χ1) is 10.1. The van der Waals surface area contributed by atoms with Gasteiger partial charge in [-0.1, -0.05) is 42.5 Å². The van der Waals surface area contributed by atoms with E-state index in [0.717, 1.165) is 12.1 Å². The van der Waals surface area contributed by atoms with E-state index >= 15 is 0 Å². The Morgan fingerprint density at radius 2 is 1.62 bits per heavy atom. The van der Waals surface area contributed by atoms with E-state index in [0.29, 0.717) is 0 Å². The number of aliphatic hydroxyl groups is 1. The van der Waals surface area contributed by atoms with Gasteiger partial charge in [-0.3, -0.25) is 0 Å². The summed E-state index contributed by atoms with van der Waals surface area (Å²) >= 11 is 0. The van der Waals surface area contributed by atoms with Crippen LogP contribution in [0.3, 0.4) is 0 Å². The molecule has 0 saturated carbocycles. The topological polar surface area (TPSA) is 40.1 Å². The van der Waals surface area contributed by atoms with Crippen LogP contribution in [0.25, 0.3) is 0 Å². The van der Waals surface area contributed by atoms with E-state index in [4.69, 9.17) is 0 Å². The molecule has 0 saturated heterocycles. The summed E-state index contributed by atoms with van der Waals surface area (Å²) in [6.07, 6.45) is -0.438. The summed E-state index contributed by atoms with van der Waals surface area (Å²) in [5.74, 6) is 0. The maximum Gasteiger partial charge on any atom is 0.130 e. The number of hydrogen-bond acceptors (Lipinski definition) is 2. The minimum atomic E-state index is -0.438. The predicted octanol–water partition coefficient (Wildman–Crippen LogP) is 1.94. The summed E-state index contributed by atoms with van der Waals surface area (Å²) in [5, 5.41) is 12.5. The molecule has 0 aliphatic carbocycles. The van der Waals surface area contributed by atoms with Crippen LogP contribution in [0.5, 0.6) is 0 Å². The molecule has 112 valence electrons. The molecule has 0 fully saturated rings. The van der Waals surface area contributed by atoms with Gasteiger partial charge in [0.15, 0.2) is 0 Å². The molecular formula is C18H25N2O+. The van der Waals surface area contributed by atoms with Gasteiger partial charge in [0.2, 0.25) is 0 Å². The van der Waals surface area contributed by atoms with Crippen molar-refractivity contribution in [1.82, 2.24) is 0 Å². The number of nitrogens with zero attached hydrogens (tertiary/aromatic N) is 1. The van der Waals surface area contributed by atoms with Gasteiger partial charge >= 0.3 is 0 Å². The third-order valence-corrected chi connectivity index (χ3v) is 3.82. The van der Waals surface area contributed by atoms with Gasteiger partial charge in [-0.25, -0.2) is 0 Å². The SMILES string of the molecule is C[C@@H]([NH2+]Cc1ccc(N(C)C)cc1)[C@@H](O)c1ccccc1. The van der Waals surface area contributed by atoms with Crippen LogP contribution in [0, 0.1) is 0 Å². The average Bonchev–Trinajstić information content (AvgIpc) is 2.53. The molecule has 0 heterocycles. The zero-order chi connectivity index (χ0) is 15.2. The van der Waals surface area contributed by atoms with Crippen molar-refractivity contribution in [2.24, 2.45) is 0 Å². The van der Waals surface area contributed by atoms with Gasteiger partial charge in [0, 0.05) is 25.3 Å². The Balaban J connectivity index is 1.90. The molecule has 0 amide bonds. The van der Waals surface area contributed by atoms with Crippen LogP contribution >= 0.6 is 0 Å². The summed E-state index contributed by atoms with van der Waals surface area (Å²) in [6, 6.07) is 18.5. The zero-order valence-electron chi connectivity index (χ0n) is 13.0. The summed E-state index contributed by atoms with van der Waals surface area (Å²) in [5.41, 5.74) is 3.45. The fourth-order valence-electron chi connectivity index (χ4n) is 2.33. The highest BCUT2D eigenvalue weighted by Crippen LogP contribution is 2.14. The summed E-state index contributed by atoms with van der Waals surface area (Å²) < 4.78 is 0. The van der Waals surface area contributed by atoms with Crippen molar-refractivity contribution in [1.29, 1.82) is 0 Å². The molecule has 21 heavy (non-hydrogen) atoms. The molecule has 0 spiro atoms. The average molecular weight is 285 g/mol. The van der Waals surface area contributed by atoms with Crippen molar-refractivity contribution in [3.05, 3.63) is 65.7 Å². The molecule has 0 aromatic heterocycles. The van der Waals surface area contributed by atoms with Crippen molar-refractivity contribution < 1.29 is 10.4 Å². The van der Waals surface area contributed by atoms with Gasteiger partial charge in [0.25, 0.3) is 0 Å². The van der Waals surface area contributed by atoms with Gasteiger partial charge in [0.05, 0.1) is 0 Å². The van der Waals surface area contributed by atoms with E-state index in [9.17, 15) is 5.11 Å². The lowest BCUT2D eigenvalue weighted by molar-refractivity contribution is -0.709. The second-order valence-electron chi connectivity index (χ2n) is 5.72. The number of anilines is 1. The van der Waals surface area contributed by atoms with Gasteiger partial charge in [-0.2, -0.15) is 0 Å². The van der Waals surface area contributed by atoms with Crippen molar-refractivity contribution in [3.8, 4) is 0 Å². The van der Waals surface area contributed by atoms with Crippen LogP contribution in [0.2, 0.25) is 0 Å². The highest BCUT2D eigenvalue weighted by molar-refractivity contribution is 5.45. The van der Waals surface area contributed by atoms with Gasteiger partial charge in [-0.15, -0.1) is 0 Å². The minimum absolute atomic E-state index is 0.126. The minimum Gasteiger partial charge on any atom is -0.382 e. The van der Waals surface area contributed by atoms with Gasteiger partial charge in [-0.05, 0) is 24.6 Å². The van der Waals surface area contributed by atoms with Crippen molar-refractivity contribution in [2.75, 3.05) is 19.0 Å². The van der Waals surface area contributed by atoms with Crippen molar-refractivity contribution in [2.45, 2.75) is 25.6 Å². The molecule has 3 nitrogen and oxygen atoms in total. The Bertz CT molecular complexity index is 537. The van der Waals surface area contributed by atoms with Crippen LogP contribution in [0.4, 0.5) is 5.69 Å². The maximum absolute atomic E-state index is 10.3. The van der Waals surface area contributed by atoms with E-state index in [-0.39, 0.29) is 6.04 Å². The lowest BCUT2D eigenvalue weighted by atomic mass is 10.0. The number of rotatable bonds is 6. The molecule has 2 atom stereocenters. The summed E-state index contributed by atoms with van der Waals surface area (Å²) in [6.45, 7) is 2.94. The van der Waals surface area contributed by atoms with Crippen LogP contribution in [0.1, 0.15) is 24.2 Å². The monoisotopic (exact) mass is 285 g/mol. The van der Waals surface area contributed by atoms with E-state index in [2.05, 4.69) is 41.4 Å². The molecule has 2 rings (SSSR count). The lowest BCUT2D eigenvalue weighted by Crippen LogP contribution is -2.88. The second-order valence-corrected chi connectivity index (χ2v) is 5.72. The van der Waals surface area contributed by atoms with E-state index in [1.807, 2.05) is 44.4 Å². The summed E-state index contributed by atoms with van der Waals surface area (Å²) in [4.78, 5) is 2.09. The first-order valence-electron chi connectivity index (χ1n) is 7.40. The number of nitrogens with two attached hydrogens (primary N) is 1. The van der Waals surface area contributed by atoms with E-state index in [1.165, 1.54) is 11.3 Å². The normalized spacial score (nSPS) is 13.7. The van der Waals surface area contributed by atoms with Gasteiger partial charge in [0.1, 0.15) is 18.7 Å². The lowest BCUT2D eigenvalue weighted by Gasteiger charge is -2.18. The Kier molecular flexibility index (Phi) is 5.37. The largest absolute Gasteiger partial charge is 0.382 e. The van der Waals surface area contributed by atoms with Gasteiger partial charge < -0.3 is 15.3 Å². The standard InChI is InChI=1S/C18H24N2O/c1-14(18(21)16-7-5-4-6-8-16)19-13-15-9-11-17(12-10-15)20(2)3/h4-12,14,18-19,21H,13H2,1-3H3/p+1/t14-,18-/m1/s1. The number of aliphatic hydroxyl groups excluding tert-OH is 1. The van der Waals surface area contributed by atoms with E-state index < -0.39 is 6.10 Å². The molecular weight excluding hydrogens is 260 g/mol. The van der Waals surface area contributed by atoms with Crippen molar-refractivity contribution >= 4 is 5.69 Å². The number of quaternary nitrogens is 1. The van der Waals surface area contributed by atoms with Crippen LogP contribution in [0.15, 0.2) is 54.6 Å². The quantitative estimate of drug-likeness (QED) is 0.851. The maximum atomic E-state index is 10.3. The molecule has 0 bridgehead atoms. The Labute approximate surface area is 127 Å². The Morgan fingerprint density at radius 1 is 1.00 bits per heavy atom. The zero-order valence-corrected chi connectivity index (χ0v) is 13.0. The van der Waals surface area contributed by atoms with Crippen LogP contribution in [-0.4, -0.2) is 25.2 Å². The predicted molar refractivity (Wildman–Crippen MR) is 87.3 cm³/mol. The van der Waals surface area contributed by atoms with E-state index in [1.54, 1.807) is 0 Å². The van der Waals surface area contributed by atoms with Crippen LogP contribution in [-0.2, 0) is 6.54 Å². The molecule has 0 unspecified atom stereocenters. The smallest absolute Gasteiger partial charge is 0.130 e. The second kappa shape index (κ2) is 7.25. The Morgan fingerprint density at radius 3 is 2.19 bits per heavy atom.